The number of epoxide rings is 1. The molecule has 5 atom stereocenters. The number of phosphoric acid groups is 1. The molecule has 0 amide bonds. The molecule has 1 fully saturated rings. The minimum Gasteiger partial charge on any atom is -0.756 e. The van der Waals surface area contributed by atoms with E-state index in [0.717, 1.165) is 50.5 Å². The zero-order chi connectivity index (χ0) is 41.1. The molecule has 1 aliphatic heterocycles. The number of rotatable bonds is 35. The van der Waals surface area contributed by atoms with Crippen LogP contribution in [0, 0.1) is 5.92 Å². The monoisotopic (exact) mass is 810 g/mol. The molecule has 2 aliphatic rings. The molecule has 11 nitrogen and oxygen atoms in total. The van der Waals surface area contributed by atoms with Crippen LogP contribution in [0.2, 0.25) is 0 Å². The van der Waals surface area contributed by atoms with Crippen LogP contribution in [0.1, 0.15) is 155 Å². The first-order chi connectivity index (χ1) is 26.8. The number of likely N-dealkylation sites (N-methyl/N-ethyl adjacent to an activating group) is 1. The Labute approximate surface area is 339 Å². The molecule has 56 heavy (non-hydrogen) atoms. The molecule has 0 aromatic heterocycles. The second kappa shape index (κ2) is 29.1. The van der Waals surface area contributed by atoms with Crippen LogP contribution in [-0.2, 0) is 42.2 Å². The van der Waals surface area contributed by atoms with E-state index in [1.54, 1.807) is 6.08 Å². The van der Waals surface area contributed by atoms with Gasteiger partial charge in [-0.3, -0.25) is 18.9 Å². The van der Waals surface area contributed by atoms with Gasteiger partial charge in [0.1, 0.15) is 25.9 Å². The molecule has 0 radical (unpaired) electrons. The third kappa shape index (κ3) is 25.3. The van der Waals surface area contributed by atoms with Crippen molar-refractivity contribution in [1.29, 1.82) is 0 Å². The van der Waals surface area contributed by atoms with Crippen LogP contribution in [0.5, 0.6) is 0 Å². The SMILES string of the molecule is CCCCCCCCCCCCCCCC(=O)OC[C@H](COP(=O)([O-])OCC[N+](C)(C)C)OC(=O)CCC/C=C\CC1OC1/C=C1/C(=O)C=CC1CCCCC. The zero-order valence-electron chi connectivity index (χ0n) is 35.6. The fourth-order valence-corrected chi connectivity index (χ4v) is 7.31. The maximum atomic E-state index is 12.7. The maximum Gasteiger partial charge on any atom is 0.306 e. The average Bonchev–Trinajstić information content (AvgIpc) is 3.80. The Kier molecular flexibility index (Phi) is 26.0. The quantitative estimate of drug-likeness (QED) is 0.0116. The lowest BCUT2D eigenvalue weighted by Crippen LogP contribution is -2.37. The minimum atomic E-state index is -4.66. The Balaban J connectivity index is 1.69. The highest BCUT2D eigenvalue weighted by Crippen LogP contribution is 2.38. The van der Waals surface area contributed by atoms with E-state index in [4.69, 9.17) is 23.3 Å². The largest absolute Gasteiger partial charge is 0.756 e. The molecule has 0 spiro atoms. The van der Waals surface area contributed by atoms with Crippen molar-refractivity contribution in [1.82, 2.24) is 0 Å². The van der Waals surface area contributed by atoms with E-state index in [1.165, 1.54) is 64.2 Å². The summed E-state index contributed by atoms with van der Waals surface area (Å²) in [6.45, 7) is 3.99. The van der Waals surface area contributed by atoms with Crippen LogP contribution in [0.3, 0.4) is 0 Å². The Morgan fingerprint density at radius 1 is 0.821 bits per heavy atom. The summed E-state index contributed by atoms with van der Waals surface area (Å²) in [4.78, 5) is 50.0. The standard InChI is InChI=1S/C44H76NO10P/c1-6-8-10-11-12-13-14-15-16-17-18-19-24-28-43(47)51-35-38(36-53-56(49,50)52-33-32-45(3,4)5)54-44(48)29-25-21-20-23-27-41-42(55-41)34-39-37(26-22-9-7-2)30-31-40(39)46/h20,23,30-31,34,37-38,41-42H,6-19,21-22,24-29,32-33,35-36H2,1-5H3/b23-20-,39-34+/t37?,38-,41?,42?/m1/s1. The molecule has 12 heteroatoms. The van der Waals surface area contributed by atoms with Crippen LogP contribution in [0.25, 0.3) is 0 Å². The maximum absolute atomic E-state index is 12.7. The third-order valence-corrected chi connectivity index (χ3v) is 11.1. The normalized spacial score (nSPS) is 20.5. The Hall–Kier alpha value is -2.14. The molecule has 0 bridgehead atoms. The number of allylic oxidation sites excluding steroid dienone is 4. The summed E-state index contributed by atoms with van der Waals surface area (Å²) >= 11 is 0. The summed E-state index contributed by atoms with van der Waals surface area (Å²) < 4.78 is 39.6. The Morgan fingerprint density at radius 3 is 2.07 bits per heavy atom. The number of phosphoric ester groups is 1. The minimum absolute atomic E-state index is 0.0442. The number of carbonyl (C=O) groups excluding carboxylic acids is 3. The Bertz CT molecular complexity index is 1260. The molecular formula is C44H76NO10P. The summed E-state index contributed by atoms with van der Waals surface area (Å²) in [5, 5.41) is 0. The van der Waals surface area contributed by atoms with Gasteiger partial charge in [0.2, 0.25) is 0 Å². The number of nitrogens with zero attached hydrogens (tertiary/aromatic N) is 1. The number of ketones is 1. The van der Waals surface area contributed by atoms with Crippen molar-refractivity contribution < 1.29 is 51.6 Å². The molecule has 322 valence electrons. The summed E-state index contributed by atoms with van der Waals surface area (Å²) in [5.74, 6) is -0.671. The van der Waals surface area contributed by atoms with Crippen molar-refractivity contribution in [3.05, 3.63) is 36.0 Å². The molecule has 1 heterocycles. The molecule has 0 aromatic rings. The highest BCUT2D eigenvalue weighted by molar-refractivity contribution is 7.45. The van der Waals surface area contributed by atoms with Crippen LogP contribution in [0.4, 0.5) is 0 Å². The number of unbranched alkanes of at least 4 members (excludes halogenated alkanes) is 15. The fraction of sp³-hybridized carbons (Fsp3) is 0.795. The number of hydrogen-bond donors (Lipinski definition) is 0. The van der Waals surface area contributed by atoms with Crippen LogP contribution in [0.15, 0.2) is 36.0 Å². The van der Waals surface area contributed by atoms with Gasteiger partial charge < -0.3 is 32.6 Å². The lowest BCUT2D eigenvalue weighted by molar-refractivity contribution is -0.870. The lowest BCUT2D eigenvalue weighted by atomic mass is 9.94. The highest BCUT2D eigenvalue weighted by Gasteiger charge is 2.37. The first kappa shape index (κ1) is 50.0. The van der Waals surface area contributed by atoms with E-state index in [0.29, 0.717) is 30.3 Å². The summed E-state index contributed by atoms with van der Waals surface area (Å²) in [6.07, 6.45) is 31.0. The number of hydrogen-bond acceptors (Lipinski definition) is 10. The van der Waals surface area contributed by atoms with E-state index >= 15 is 0 Å². The number of carbonyl (C=O) groups is 3. The molecule has 1 saturated heterocycles. The van der Waals surface area contributed by atoms with Crippen molar-refractivity contribution in [2.24, 2.45) is 5.92 Å². The lowest BCUT2D eigenvalue weighted by Gasteiger charge is -2.28. The molecule has 0 saturated carbocycles. The third-order valence-electron chi connectivity index (χ3n) is 10.2. The summed E-state index contributed by atoms with van der Waals surface area (Å²) in [5.41, 5.74) is 0.856. The molecule has 0 aromatic carbocycles. The van der Waals surface area contributed by atoms with E-state index in [1.807, 2.05) is 45.4 Å². The van der Waals surface area contributed by atoms with E-state index in [-0.39, 0.29) is 50.0 Å². The van der Waals surface area contributed by atoms with Gasteiger partial charge >= 0.3 is 11.9 Å². The predicted octanol–water partition coefficient (Wildman–Crippen LogP) is 9.28. The first-order valence-corrected chi connectivity index (χ1v) is 23.3. The van der Waals surface area contributed by atoms with E-state index in [9.17, 15) is 23.8 Å². The van der Waals surface area contributed by atoms with Crippen LogP contribution in [-0.4, -0.2) is 88.0 Å². The van der Waals surface area contributed by atoms with Crippen molar-refractivity contribution >= 4 is 25.5 Å². The predicted molar refractivity (Wildman–Crippen MR) is 220 cm³/mol. The van der Waals surface area contributed by atoms with Crippen molar-refractivity contribution in [3.8, 4) is 0 Å². The van der Waals surface area contributed by atoms with Crippen molar-refractivity contribution in [2.45, 2.75) is 173 Å². The summed E-state index contributed by atoms with van der Waals surface area (Å²) in [7, 11) is 1.07. The van der Waals surface area contributed by atoms with Gasteiger partial charge in [0, 0.05) is 24.3 Å². The van der Waals surface area contributed by atoms with Crippen molar-refractivity contribution in [3.63, 3.8) is 0 Å². The average molecular weight is 810 g/mol. The number of ether oxygens (including phenoxy) is 3. The highest BCUT2D eigenvalue weighted by atomic mass is 31.2. The first-order valence-electron chi connectivity index (χ1n) is 21.8. The van der Waals surface area contributed by atoms with Gasteiger partial charge in [-0.15, -0.1) is 0 Å². The van der Waals surface area contributed by atoms with Gasteiger partial charge in [-0.05, 0) is 44.3 Å². The molecule has 2 rings (SSSR count). The number of esters is 2. The topological polar surface area (TPSA) is 141 Å². The van der Waals surface area contributed by atoms with Crippen LogP contribution < -0.4 is 4.89 Å². The smallest absolute Gasteiger partial charge is 0.306 e. The van der Waals surface area contributed by atoms with Gasteiger partial charge in [-0.2, -0.15) is 0 Å². The molecule has 1 aliphatic carbocycles. The fourth-order valence-electron chi connectivity index (χ4n) is 6.58. The van der Waals surface area contributed by atoms with E-state index in [2.05, 4.69) is 13.8 Å². The Morgan fingerprint density at radius 2 is 1.43 bits per heavy atom. The van der Waals surface area contributed by atoms with E-state index < -0.39 is 32.5 Å². The molecule has 0 N–H and O–H groups in total. The van der Waals surface area contributed by atoms with Gasteiger partial charge in [-0.1, -0.05) is 128 Å². The van der Waals surface area contributed by atoms with Crippen molar-refractivity contribution in [2.75, 3.05) is 47.5 Å². The van der Waals surface area contributed by atoms with Gasteiger partial charge in [0.15, 0.2) is 11.9 Å². The molecule has 4 unspecified atom stereocenters. The second-order valence-electron chi connectivity index (χ2n) is 16.6. The van der Waals surface area contributed by atoms with Crippen LogP contribution >= 0.6 is 7.82 Å². The zero-order valence-corrected chi connectivity index (χ0v) is 36.5. The van der Waals surface area contributed by atoms with Gasteiger partial charge in [0.05, 0.1) is 33.9 Å². The van der Waals surface area contributed by atoms with Gasteiger partial charge in [-0.25, -0.2) is 0 Å². The summed E-state index contributed by atoms with van der Waals surface area (Å²) in [6, 6.07) is 0. The second-order valence-corrected chi connectivity index (χ2v) is 18.0. The molecular weight excluding hydrogens is 733 g/mol. The number of quaternary nitrogens is 1. The van der Waals surface area contributed by atoms with Gasteiger partial charge in [0.25, 0.3) is 7.82 Å².